The first kappa shape index (κ1) is 7.56. The van der Waals surface area contributed by atoms with Gasteiger partial charge in [0.15, 0.2) is 0 Å². The number of epoxide rings is 1. The molecule has 0 bridgehead atoms. The lowest BCUT2D eigenvalue weighted by molar-refractivity contribution is 0.346. The van der Waals surface area contributed by atoms with Crippen LogP contribution in [0.1, 0.15) is 29.9 Å². The van der Waals surface area contributed by atoms with Gasteiger partial charge in [-0.05, 0) is 26.2 Å². The number of aryl methyl sites for hydroxylation is 2. The Hall–Kier alpha value is -0.830. The largest absolute Gasteiger partial charge is 0.370 e. The predicted octanol–water partition coefficient (Wildman–Crippen LogP) is 1.63. The predicted molar refractivity (Wildman–Crippen MR) is 46.5 cm³/mol. The molecule has 1 aromatic heterocycles. The first-order valence-electron chi connectivity index (χ1n) is 4.94. The Bertz CT molecular complexity index is 332. The van der Waals surface area contributed by atoms with Crippen molar-refractivity contribution in [3.8, 4) is 0 Å². The van der Waals surface area contributed by atoms with E-state index in [4.69, 9.17) is 9.26 Å². The second-order valence-corrected chi connectivity index (χ2v) is 3.96. The van der Waals surface area contributed by atoms with Crippen LogP contribution in [0, 0.1) is 6.92 Å². The van der Waals surface area contributed by atoms with Gasteiger partial charge in [0, 0.05) is 12.0 Å². The highest BCUT2D eigenvalue weighted by Crippen LogP contribution is 2.34. The van der Waals surface area contributed by atoms with E-state index in [1.54, 1.807) is 0 Å². The van der Waals surface area contributed by atoms with E-state index in [0.717, 1.165) is 37.1 Å². The van der Waals surface area contributed by atoms with Gasteiger partial charge in [-0.2, -0.15) is 0 Å². The molecular formula is C10H13NO2. The molecule has 0 unspecified atom stereocenters. The Labute approximate surface area is 77.1 Å². The molecule has 3 nitrogen and oxygen atoms in total. The van der Waals surface area contributed by atoms with Gasteiger partial charge in [-0.1, -0.05) is 5.16 Å². The molecule has 1 aromatic rings. The zero-order valence-electron chi connectivity index (χ0n) is 7.75. The van der Waals surface area contributed by atoms with Gasteiger partial charge in [0.1, 0.15) is 5.76 Å². The number of hydrogen-bond donors (Lipinski definition) is 0. The molecule has 1 fully saturated rings. The monoisotopic (exact) mass is 179 g/mol. The van der Waals surface area contributed by atoms with Crippen molar-refractivity contribution in [3.05, 3.63) is 17.0 Å². The van der Waals surface area contributed by atoms with Crippen molar-refractivity contribution in [2.45, 2.75) is 44.8 Å². The summed E-state index contributed by atoms with van der Waals surface area (Å²) in [4.78, 5) is 0. The summed E-state index contributed by atoms with van der Waals surface area (Å²) in [5.74, 6) is 1.09. The van der Waals surface area contributed by atoms with Gasteiger partial charge in [0.25, 0.3) is 0 Å². The average molecular weight is 179 g/mol. The maximum atomic E-state index is 5.52. The summed E-state index contributed by atoms with van der Waals surface area (Å²) in [6.45, 7) is 2.02. The minimum absolute atomic E-state index is 0.513. The van der Waals surface area contributed by atoms with Crippen LogP contribution < -0.4 is 0 Å². The van der Waals surface area contributed by atoms with E-state index in [9.17, 15) is 0 Å². The molecule has 2 atom stereocenters. The van der Waals surface area contributed by atoms with Gasteiger partial charge in [0.05, 0.1) is 17.9 Å². The lowest BCUT2D eigenvalue weighted by atomic mass is 9.98. The Morgan fingerprint density at radius 3 is 2.85 bits per heavy atom. The normalized spacial score (nSPS) is 31.5. The summed E-state index contributed by atoms with van der Waals surface area (Å²) < 4.78 is 10.8. The van der Waals surface area contributed by atoms with E-state index >= 15 is 0 Å². The molecule has 0 spiro atoms. The number of ether oxygens (including phenoxy) is 1. The first-order chi connectivity index (χ1) is 6.34. The summed E-state index contributed by atoms with van der Waals surface area (Å²) >= 11 is 0. The Kier molecular flexibility index (Phi) is 1.50. The number of hydrogen-bond acceptors (Lipinski definition) is 3. The summed E-state index contributed by atoms with van der Waals surface area (Å²) in [7, 11) is 0. The summed E-state index contributed by atoms with van der Waals surface area (Å²) in [6.07, 6.45) is 5.36. The highest BCUT2D eigenvalue weighted by Gasteiger charge is 2.39. The van der Waals surface area contributed by atoms with E-state index in [1.165, 1.54) is 5.56 Å². The Balaban J connectivity index is 1.91. The maximum absolute atomic E-state index is 5.52. The van der Waals surface area contributed by atoms with Crippen LogP contribution in [-0.2, 0) is 17.6 Å². The smallest absolute Gasteiger partial charge is 0.140 e. The molecule has 0 N–H and O–H groups in total. The zero-order chi connectivity index (χ0) is 8.84. The van der Waals surface area contributed by atoms with Gasteiger partial charge in [-0.3, -0.25) is 0 Å². The van der Waals surface area contributed by atoms with E-state index in [-0.39, 0.29) is 0 Å². The topological polar surface area (TPSA) is 38.6 Å². The molecule has 2 heterocycles. The van der Waals surface area contributed by atoms with Crippen molar-refractivity contribution in [1.29, 1.82) is 0 Å². The first-order valence-corrected chi connectivity index (χ1v) is 4.94. The van der Waals surface area contributed by atoms with Crippen LogP contribution in [0.5, 0.6) is 0 Å². The highest BCUT2D eigenvalue weighted by atomic mass is 16.6. The summed E-state index contributed by atoms with van der Waals surface area (Å²) in [6, 6.07) is 0. The second-order valence-electron chi connectivity index (χ2n) is 3.96. The lowest BCUT2D eigenvalue weighted by Crippen LogP contribution is -2.04. The Morgan fingerprint density at radius 1 is 1.23 bits per heavy atom. The van der Waals surface area contributed by atoms with Crippen molar-refractivity contribution in [1.82, 2.24) is 5.16 Å². The van der Waals surface area contributed by atoms with Crippen LogP contribution in [0.3, 0.4) is 0 Å². The number of fused-ring (bicyclic) bond motifs is 2. The number of rotatable bonds is 0. The average Bonchev–Trinajstić information content (AvgIpc) is 2.73. The quantitative estimate of drug-likeness (QED) is 0.568. The standard InChI is InChI=1S/C10H13NO2/c1-6-7-2-3-9-10(12-9)5-4-8(7)13-11-6/h9-10H,2-5H2,1H3/t9-,10-/m0/s1. The molecule has 0 radical (unpaired) electrons. The van der Waals surface area contributed by atoms with Crippen molar-refractivity contribution in [2.24, 2.45) is 0 Å². The molecule has 1 saturated heterocycles. The molecule has 1 aliphatic carbocycles. The number of nitrogens with zero attached hydrogens (tertiary/aromatic N) is 1. The van der Waals surface area contributed by atoms with Crippen molar-refractivity contribution in [3.63, 3.8) is 0 Å². The lowest BCUT2D eigenvalue weighted by Gasteiger charge is -2.03. The minimum atomic E-state index is 0.513. The number of aromatic nitrogens is 1. The molecule has 0 aromatic carbocycles. The molecule has 3 heteroatoms. The van der Waals surface area contributed by atoms with E-state index < -0.39 is 0 Å². The van der Waals surface area contributed by atoms with Crippen molar-refractivity contribution < 1.29 is 9.26 Å². The molecule has 3 rings (SSSR count). The SMILES string of the molecule is Cc1noc2c1CC[C@@H]1O[C@H]1CC2. The Morgan fingerprint density at radius 2 is 2.00 bits per heavy atom. The molecule has 2 aliphatic rings. The molecule has 70 valence electrons. The molecule has 0 saturated carbocycles. The van der Waals surface area contributed by atoms with Crippen LogP contribution in [0.25, 0.3) is 0 Å². The van der Waals surface area contributed by atoms with Crippen LogP contribution in [0.4, 0.5) is 0 Å². The van der Waals surface area contributed by atoms with E-state index in [2.05, 4.69) is 5.16 Å². The minimum Gasteiger partial charge on any atom is -0.370 e. The summed E-state index contributed by atoms with van der Waals surface area (Å²) in [5, 5.41) is 4.01. The van der Waals surface area contributed by atoms with E-state index in [1.807, 2.05) is 6.92 Å². The third kappa shape index (κ3) is 1.18. The summed E-state index contributed by atoms with van der Waals surface area (Å²) in [5.41, 5.74) is 2.39. The molecule has 0 amide bonds. The second kappa shape index (κ2) is 2.58. The molecule has 13 heavy (non-hydrogen) atoms. The van der Waals surface area contributed by atoms with E-state index in [0.29, 0.717) is 12.2 Å². The maximum Gasteiger partial charge on any atom is 0.140 e. The van der Waals surface area contributed by atoms with Crippen molar-refractivity contribution >= 4 is 0 Å². The molecular weight excluding hydrogens is 166 g/mol. The van der Waals surface area contributed by atoms with Crippen LogP contribution in [0.2, 0.25) is 0 Å². The van der Waals surface area contributed by atoms with Crippen LogP contribution in [0.15, 0.2) is 4.52 Å². The third-order valence-corrected chi connectivity index (χ3v) is 3.09. The fourth-order valence-corrected chi connectivity index (χ4v) is 2.20. The molecule has 1 aliphatic heterocycles. The van der Waals surface area contributed by atoms with Gasteiger partial charge >= 0.3 is 0 Å². The van der Waals surface area contributed by atoms with Crippen LogP contribution in [-0.4, -0.2) is 17.4 Å². The fraction of sp³-hybridized carbons (Fsp3) is 0.700. The van der Waals surface area contributed by atoms with Crippen LogP contribution >= 0.6 is 0 Å². The fourth-order valence-electron chi connectivity index (χ4n) is 2.20. The van der Waals surface area contributed by atoms with Gasteiger partial charge in [-0.25, -0.2) is 0 Å². The van der Waals surface area contributed by atoms with Gasteiger partial charge in [-0.15, -0.1) is 0 Å². The van der Waals surface area contributed by atoms with Gasteiger partial charge in [0.2, 0.25) is 0 Å². The highest BCUT2D eigenvalue weighted by molar-refractivity contribution is 5.23. The third-order valence-electron chi connectivity index (χ3n) is 3.09. The zero-order valence-corrected chi connectivity index (χ0v) is 7.75. The van der Waals surface area contributed by atoms with Gasteiger partial charge < -0.3 is 9.26 Å². The van der Waals surface area contributed by atoms with Crippen molar-refractivity contribution in [2.75, 3.05) is 0 Å².